The Morgan fingerprint density at radius 2 is 2.21 bits per heavy atom. The first kappa shape index (κ1) is 10.8. The minimum atomic E-state index is -0.717. The van der Waals surface area contributed by atoms with Gasteiger partial charge < -0.3 is 20.7 Å². The molecule has 0 saturated heterocycles. The van der Waals surface area contributed by atoms with Crippen LogP contribution in [0.5, 0.6) is 11.5 Å². The highest BCUT2D eigenvalue weighted by Crippen LogP contribution is 2.29. The van der Waals surface area contributed by atoms with Gasteiger partial charge >= 0.3 is 0 Å². The van der Waals surface area contributed by atoms with E-state index < -0.39 is 6.10 Å². The van der Waals surface area contributed by atoms with Crippen LogP contribution in [-0.2, 0) is 0 Å². The Kier molecular flexibility index (Phi) is 3.73. The maximum absolute atomic E-state index is 9.58. The van der Waals surface area contributed by atoms with Gasteiger partial charge in [0.1, 0.15) is 11.5 Å². The summed E-state index contributed by atoms with van der Waals surface area (Å²) in [5.74, 6) is 0.594. The summed E-state index contributed by atoms with van der Waals surface area (Å²) in [7, 11) is 1.52. The Morgan fingerprint density at radius 1 is 1.50 bits per heavy atom. The maximum atomic E-state index is 9.58. The number of nitrogens with two attached hydrogens (primary N) is 1. The van der Waals surface area contributed by atoms with Crippen molar-refractivity contribution in [2.45, 2.75) is 12.5 Å². The first-order valence-electron chi connectivity index (χ1n) is 4.44. The molecule has 0 saturated carbocycles. The first-order valence-corrected chi connectivity index (χ1v) is 4.44. The zero-order chi connectivity index (χ0) is 10.6. The number of benzene rings is 1. The van der Waals surface area contributed by atoms with Crippen molar-refractivity contribution in [1.82, 2.24) is 0 Å². The number of hydrogen-bond donors (Lipinski definition) is 3. The molecule has 0 spiro atoms. The molecule has 4 heteroatoms. The molecule has 0 aromatic heterocycles. The molecule has 78 valence electrons. The molecule has 1 rings (SSSR count). The summed E-state index contributed by atoms with van der Waals surface area (Å²) in [5.41, 5.74) is 5.79. The Balaban J connectivity index is 2.88. The molecule has 4 N–H and O–H groups in total. The number of phenolic OH excluding ortho intramolecular Hbond substituents is 1. The molecule has 1 aromatic rings. The average Bonchev–Trinajstić information content (AvgIpc) is 2.17. The van der Waals surface area contributed by atoms with Crippen LogP contribution < -0.4 is 10.5 Å². The quantitative estimate of drug-likeness (QED) is 0.666. The highest BCUT2D eigenvalue weighted by molar-refractivity contribution is 5.40. The number of phenols is 1. The topological polar surface area (TPSA) is 75.7 Å². The van der Waals surface area contributed by atoms with Gasteiger partial charge in [-0.2, -0.15) is 0 Å². The summed E-state index contributed by atoms with van der Waals surface area (Å²) >= 11 is 0. The second-order valence-corrected chi connectivity index (χ2v) is 3.02. The van der Waals surface area contributed by atoms with E-state index in [9.17, 15) is 10.2 Å². The van der Waals surface area contributed by atoms with Crippen LogP contribution in [-0.4, -0.2) is 23.9 Å². The smallest absolute Gasteiger partial charge is 0.125 e. The van der Waals surface area contributed by atoms with E-state index in [2.05, 4.69) is 0 Å². The predicted octanol–water partition coefficient (Wildman–Crippen LogP) is 0.783. The normalized spacial score (nSPS) is 12.5. The van der Waals surface area contributed by atoms with Crippen molar-refractivity contribution >= 4 is 0 Å². The van der Waals surface area contributed by atoms with Gasteiger partial charge in [0, 0.05) is 11.6 Å². The zero-order valence-electron chi connectivity index (χ0n) is 8.10. The third-order valence-electron chi connectivity index (χ3n) is 2.04. The van der Waals surface area contributed by atoms with Crippen molar-refractivity contribution < 1.29 is 14.9 Å². The zero-order valence-corrected chi connectivity index (χ0v) is 8.10. The number of rotatable bonds is 4. The van der Waals surface area contributed by atoms with Crippen molar-refractivity contribution in [2.75, 3.05) is 13.7 Å². The van der Waals surface area contributed by atoms with Gasteiger partial charge in [0.2, 0.25) is 0 Å². The van der Waals surface area contributed by atoms with Crippen molar-refractivity contribution in [3.8, 4) is 11.5 Å². The summed E-state index contributed by atoms with van der Waals surface area (Å²) < 4.78 is 4.92. The lowest BCUT2D eigenvalue weighted by molar-refractivity contribution is 0.166. The third kappa shape index (κ3) is 2.37. The van der Waals surface area contributed by atoms with Gasteiger partial charge in [-0.1, -0.05) is 0 Å². The number of hydrogen-bond acceptors (Lipinski definition) is 4. The van der Waals surface area contributed by atoms with E-state index in [0.29, 0.717) is 24.3 Å². The molecule has 0 fully saturated rings. The largest absolute Gasteiger partial charge is 0.507 e. The first-order chi connectivity index (χ1) is 6.69. The highest BCUT2D eigenvalue weighted by Gasteiger charge is 2.11. The average molecular weight is 197 g/mol. The van der Waals surface area contributed by atoms with Gasteiger partial charge in [0.25, 0.3) is 0 Å². The molecule has 0 bridgehead atoms. The van der Waals surface area contributed by atoms with Crippen LogP contribution in [0.3, 0.4) is 0 Å². The monoisotopic (exact) mass is 197 g/mol. The van der Waals surface area contributed by atoms with Crippen LogP contribution >= 0.6 is 0 Å². The molecule has 1 atom stereocenters. The summed E-state index contributed by atoms with van der Waals surface area (Å²) in [4.78, 5) is 0. The standard InChI is InChI=1S/C10H15NO3/c1-14-7-2-3-8(10(13)6-7)9(12)4-5-11/h2-3,6,9,12-13H,4-5,11H2,1H3. The molecular weight excluding hydrogens is 182 g/mol. The summed E-state index contributed by atoms with van der Waals surface area (Å²) in [6, 6.07) is 4.79. The summed E-state index contributed by atoms with van der Waals surface area (Å²) in [6.07, 6.45) is -0.286. The molecule has 0 amide bonds. The summed E-state index contributed by atoms with van der Waals surface area (Å²) in [6.45, 7) is 0.382. The van der Waals surface area contributed by atoms with E-state index in [0.717, 1.165) is 0 Å². The Labute approximate surface area is 82.9 Å². The van der Waals surface area contributed by atoms with Gasteiger partial charge in [-0.05, 0) is 25.1 Å². The fourth-order valence-corrected chi connectivity index (χ4v) is 1.25. The minimum Gasteiger partial charge on any atom is -0.507 e. The number of aliphatic hydroxyl groups excluding tert-OH is 1. The maximum Gasteiger partial charge on any atom is 0.125 e. The van der Waals surface area contributed by atoms with Gasteiger partial charge in [-0.3, -0.25) is 0 Å². The van der Waals surface area contributed by atoms with Crippen molar-refractivity contribution in [3.63, 3.8) is 0 Å². The molecule has 0 heterocycles. The van der Waals surface area contributed by atoms with E-state index in [1.165, 1.54) is 13.2 Å². The minimum absolute atomic E-state index is 0.0327. The van der Waals surface area contributed by atoms with E-state index in [4.69, 9.17) is 10.5 Å². The van der Waals surface area contributed by atoms with E-state index in [1.807, 2.05) is 0 Å². The van der Waals surface area contributed by atoms with Crippen LogP contribution in [0.25, 0.3) is 0 Å². The third-order valence-corrected chi connectivity index (χ3v) is 2.04. The summed E-state index contributed by atoms with van der Waals surface area (Å²) in [5, 5.41) is 19.1. The molecule has 0 aliphatic carbocycles. The highest BCUT2D eigenvalue weighted by atomic mass is 16.5. The van der Waals surface area contributed by atoms with Crippen LogP contribution in [0, 0.1) is 0 Å². The fraction of sp³-hybridized carbons (Fsp3) is 0.400. The van der Waals surface area contributed by atoms with Crippen molar-refractivity contribution in [1.29, 1.82) is 0 Å². The van der Waals surface area contributed by atoms with E-state index in [-0.39, 0.29) is 5.75 Å². The molecule has 1 unspecified atom stereocenters. The SMILES string of the molecule is COc1ccc(C(O)CCN)c(O)c1. The number of aromatic hydroxyl groups is 1. The molecule has 4 nitrogen and oxygen atoms in total. The van der Waals surface area contributed by atoms with Crippen molar-refractivity contribution in [3.05, 3.63) is 23.8 Å². The molecular formula is C10H15NO3. The fourth-order valence-electron chi connectivity index (χ4n) is 1.25. The van der Waals surface area contributed by atoms with Crippen LogP contribution in [0.2, 0.25) is 0 Å². The molecule has 1 aromatic carbocycles. The molecule has 0 aliphatic heterocycles. The van der Waals surface area contributed by atoms with Gasteiger partial charge in [0.15, 0.2) is 0 Å². The Hall–Kier alpha value is -1.26. The lowest BCUT2D eigenvalue weighted by Gasteiger charge is -2.12. The number of aliphatic hydroxyl groups is 1. The number of ether oxygens (including phenoxy) is 1. The predicted molar refractivity (Wildman–Crippen MR) is 53.3 cm³/mol. The lowest BCUT2D eigenvalue weighted by atomic mass is 10.1. The lowest BCUT2D eigenvalue weighted by Crippen LogP contribution is -2.06. The van der Waals surface area contributed by atoms with Crippen LogP contribution in [0.15, 0.2) is 18.2 Å². The van der Waals surface area contributed by atoms with E-state index in [1.54, 1.807) is 12.1 Å². The van der Waals surface area contributed by atoms with Crippen LogP contribution in [0.1, 0.15) is 18.1 Å². The molecule has 0 aliphatic rings. The second-order valence-electron chi connectivity index (χ2n) is 3.02. The van der Waals surface area contributed by atoms with Gasteiger partial charge in [0.05, 0.1) is 13.2 Å². The second kappa shape index (κ2) is 4.83. The van der Waals surface area contributed by atoms with Crippen molar-refractivity contribution in [2.24, 2.45) is 5.73 Å². The van der Waals surface area contributed by atoms with Gasteiger partial charge in [-0.15, -0.1) is 0 Å². The molecule has 14 heavy (non-hydrogen) atoms. The van der Waals surface area contributed by atoms with E-state index >= 15 is 0 Å². The van der Waals surface area contributed by atoms with Gasteiger partial charge in [-0.25, -0.2) is 0 Å². The Bertz CT molecular complexity index is 301. The number of methoxy groups -OCH3 is 1. The molecule has 0 radical (unpaired) electrons. The van der Waals surface area contributed by atoms with Crippen LogP contribution in [0.4, 0.5) is 0 Å². The Morgan fingerprint density at radius 3 is 2.71 bits per heavy atom.